The van der Waals surface area contributed by atoms with Crippen LogP contribution in [0.5, 0.6) is 0 Å². The minimum Gasteiger partial charge on any atom is -0.396 e. The molecule has 1 saturated carbocycles. The van der Waals surface area contributed by atoms with Crippen LogP contribution in [-0.2, 0) is 4.79 Å². The summed E-state index contributed by atoms with van der Waals surface area (Å²) >= 11 is 0. The molecule has 82 valence electrons. The molecule has 0 aromatic heterocycles. The topological polar surface area (TPSA) is 64.3 Å². The van der Waals surface area contributed by atoms with Gasteiger partial charge in [0.1, 0.15) is 6.42 Å². The van der Waals surface area contributed by atoms with Crippen molar-refractivity contribution in [2.75, 3.05) is 19.7 Å². The van der Waals surface area contributed by atoms with Gasteiger partial charge in [0.15, 0.2) is 0 Å². The van der Waals surface area contributed by atoms with Gasteiger partial charge in [0.2, 0.25) is 5.91 Å². The van der Waals surface area contributed by atoms with Gasteiger partial charge >= 0.3 is 0 Å². The van der Waals surface area contributed by atoms with Crippen molar-refractivity contribution in [3.05, 3.63) is 0 Å². The minimum atomic E-state index is -0.0836. The lowest BCUT2D eigenvalue weighted by molar-refractivity contribution is -0.129. The summed E-state index contributed by atoms with van der Waals surface area (Å²) in [6.45, 7) is 1.56. The lowest BCUT2D eigenvalue weighted by Crippen LogP contribution is -2.33. The summed E-state index contributed by atoms with van der Waals surface area (Å²) in [6, 6.07) is 1.89. The molecule has 1 amide bonds. The maximum atomic E-state index is 11.6. The Labute approximate surface area is 89.5 Å². The molecule has 2 atom stereocenters. The van der Waals surface area contributed by atoms with E-state index in [1.165, 1.54) is 0 Å². The number of aliphatic hydroxyl groups is 1. The van der Waals surface area contributed by atoms with Crippen LogP contribution in [0.25, 0.3) is 0 Å². The smallest absolute Gasteiger partial charge is 0.236 e. The van der Waals surface area contributed by atoms with Crippen molar-refractivity contribution in [3.63, 3.8) is 0 Å². The van der Waals surface area contributed by atoms with Crippen LogP contribution in [-0.4, -0.2) is 35.6 Å². The van der Waals surface area contributed by atoms with Gasteiger partial charge in [-0.05, 0) is 18.8 Å². The summed E-state index contributed by atoms with van der Waals surface area (Å²) in [4.78, 5) is 13.3. The third-order valence-corrected chi connectivity index (χ3v) is 3.94. The van der Waals surface area contributed by atoms with Crippen molar-refractivity contribution in [2.24, 2.45) is 11.3 Å². The van der Waals surface area contributed by atoms with Crippen LogP contribution in [0, 0.1) is 22.7 Å². The standard InChI is InChI=1S/C11H16N2O2/c12-5-3-10(15)13-6-9-2-1-4-11(9,7-13)8-14/h9,14H,1-4,6-8H2/t9-,11+/m0/s1. The molecule has 2 fully saturated rings. The van der Waals surface area contributed by atoms with Crippen molar-refractivity contribution < 1.29 is 9.90 Å². The number of aliphatic hydroxyl groups excluding tert-OH is 1. The van der Waals surface area contributed by atoms with E-state index in [-0.39, 0.29) is 24.3 Å². The van der Waals surface area contributed by atoms with Gasteiger partial charge in [-0.15, -0.1) is 0 Å². The molecular weight excluding hydrogens is 192 g/mol. The van der Waals surface area contributed by atoms with Crippen LogP contribution < -0.4 is 0 Å². The van der Waals surface area contributed by atoms with Gasteiger partial charge in [-0.1, -0.05) is 6.42 Å². The summed E-state index contributed by atoms with van der Waals surface area (Å²) in [6.07, 6.45) is 3.25. The lowest BCUT2D eigenvalue weighted by Gasteiger charge is -2.25. The molecule has 15 heavy (non-hydrogen) atoms. The van der Waals surface area contributed by atoms with E-state index in [1.807, 2.05) is 6.07 Å². The first-order valence-corrected chi connectivity index (χ1v) is 5.47. The summed E-state index contributed by atoms with van der Waals surface area (Å²) in [5, 5.41) is 17.9. The molecular formula is C11H16N2O2. The number of carbonyl (C=O) groups excluding carboxylic acids is 1. The average Bonchev–Trinajstić information content (AvgIpc) is 2.73. The Hall–Kier alpha value is -1.08. The monoisotopic (exact) mass is 208 g/mol. The predicted molar refractivity (Wildman–Crippen MR) is 53.7 cm³/mol. The molecule has 0 bridgehead atoms. The Morgan fingerprint density at radius 2 is 2.47 bits per heavy atom. The highest BCUT2D eigenvalue weighted by molar-refractivity contribution is 5.78. The van der Waals surface area contributed by atoms with Crippen LogP contribution in [0.3, 0.4) is 0 Å². The Bertz CT molecular complexity index is 310. The fourth-order valence-electron chi connectivity index (χ4n) is 3.04. The van der Waals surface area contributed by atoms with E-state index < -0.39 is 0 Å². The SMILES string of the molecule is N#CCC(=O)N1C[C@@H]2CCC[C@]2(CO)C1. The van der Waals surface area contributed by atoms with Crippen molar-refractivity contribution in [1.29, 1.82) is 5.26 Å². The first kappa shape index (κ1) is 10.4. The van der Waals surface area contributed by atoms with Gasteiger partial charge in [-0.2, -0.15) is 5.26 Å². The van der Waals surface area contributed by atoms with E-state index >= 15 is 0 Å². The van der Waals surface area contributed by atoms with Gasteiger partial charge in [-0.3, -0.25) is 4.79 Å². The van der Waals surface area contributed by atoms with Gasteiger partial charge < -0.3 is 10.0 Å². The quantitative estimate of drug-likeness (QED) is 0.719. The largest absolute Gasteiger partial charge is 0.396 e. The molecule has 0 aromatic carbocycles. The number of carbonyl (C=O) groups is 1. The number of hydrogen-bond acceptors (Lipinski definition) is 3. The third kappa shape index (κ3) is 1.61. The van der Waals surface area contributed by atoms with Gasteiger partial charge in [0.05, 0.1) is 12.7 Å². The molecule has 4 heteroatoms. The zero-order valence-corrected chi connectivity index (χ0v) is 8.78. The maximum absolute atomic E-state index is 11.6. The number of nitrogens with zero attached hydrogens (tertiary/aromatic N) is 2. The summed E-state index contributed by atoms with van der Waals surface area (Å²) in [7, 11) is 0. The Morgan fingerprint density at radius 3 is 3.07 bits per heavy atom. The van der Waals surface area contributed by atoms with Crippen molar-refractivity contribution in [3.8, 4) is 6.07 Å². The first-order valence-electron chi connectivity index (χ1n) is 5.47. The highest BCUT2D eigenvalue weighted by Gasteiger charge is 2.49. The minimum absolute atomic E-state index is 0.0335. The summed E-state index contributed by atoms with van der Waals surface area (Å²) in [5.41, 5.74) is -0.0505. The van der Waals surface area contributed by atoms with Crippen LogP contribution in [0.1, 0.15) is 25.7 Å². The van der Waals surface area contributed by atoms with Crippen LogP contribution >= 0.6 is 0 Å². The number of fused-ring (bicyclic) bond motifs is 1. The zero-order valence-electron chi connectivity index (χ0n) is 8.78. The highest BCUT2D eigenvalue weighted by Crippen LogP contribution is 2.48. The molecule has 0 radical (unpaired) electrons. The second kappa shape index (κ2) is 3.82. The van der Waals surface area contributed by atoms with E-state index in [2.05, 4.69) is 0 Å². The van der Waals surface area contributed by atoms with Gasteiger partial charge in [-0.25, -0.2) is 0 Å². The molecule has 1 aliphatic heterocycles. The maximum Gasteiger partial charge on any atom is 0.236 e. The molecule has 1 N–H and O–H groups in total. The molecule has 0 aromatic rings. The van der Waals surface area contributed by atoms with E-state index in [0.29, 0.717) is 12.5 Å². The van der Waals surface area contributed by atoms with Gasteiger partial charge in [0.25, 0.3) is 0 Å². The number of amides is 1. The highest BCUT2D eigenvalue weighted by atomic mass is 16.3. The molecule has 0 spiro atoms. The number of rotatable bonds is 2. The van der Waals surface area contributed by atoms with E-state index in [9.17, 15) is 9.90 Å². The number of hydrogen-bond donors (Lipinski definition) is 1. The molecule has 2 aliphatic rings. The van der Waals surface area contributed by atoms with Crippen molar-refractivity contribution >= 4 is 5.91 Å². The number of nitriles is 1. The fraction of sp³-hybridized carbons (Fsp3) is 0.818. The van der Waals surface area contributed by atoms with Crippen LogP contribution in [0.4, 0.5) is 0 Å². The normalized spacial score (nSPS) is 33.9. The summed E-state index contributed by atoms with van der Waals surface area (Å²) in [5.74, 6) is 0.366. The lowest BCUT2D eigenvalue weighted by atomic mass is 9.82. The molecule has 1 saturated heterocycles. The third-order valence-electron chi connectivity index (χ3n) is 3.94. The van der Waals surface area contributed by atoms with E-state index in [0.717, 1.165) is 25.8 Å². The fourth-order valence-corrected chi connectivity index (χ4v) is 3.04. The summed E-state index contributed by atoms with van der Waals surface area (Å²) < 4.78 is 0. The molecule has 1 aliphatic carbocycles. The average molecular weight is 208 g/mol. The van der Waals surface area contributed by atoms with E-state index in [4.69, 9.17) is 5.26 Å². The Kier molecular flexibility index (Phi) is 2.66. The second-order valence-electron chi connectivity index (χ2n) is 4.72. The zero-order chi connectivity index (χ0) is 10.9. The molecule has 2 rings (SSSR count). The van der Waals surface area contributed by atoms with Crippen molar-refractivity contribution in [1.82, 2.24) is 4.90 Å². The second-order valence-corrected chi connectivity index (χ2v) is 4.72. The Morgan fingerprint density at radius 1 is 1.67 bits per heavy atom. The van der Waals surface area contributed by atoms with Gasteiger partial charge in [0, 0.05) is 18.5 Å². The van der Waals surface area contributed by atoms with Crippen LogP contribution in [0.2, 0.25) is 0 Å². The number of likely N-dealkylation sites (tertiary alicyclic amines) is 1. The Balaban J connectivity index is 2.05. The van der Waals surface area contributed by atoms with E-state index in [1.54, 1.807) is 4.90 Å². The first-order chi connectivity index (χ1) is 7.22. The molecule has 1 heterocycles. The van der Waals surface area contributed by atoms with Crippen LogP contribution in [0.15, 0.2) is 0 Å². The predicted octanol–water partition coefficient (Wildman–Crippen LogP) is 0.521. The molecule has 4 nitrogen and oxygen atoms in total. The van der Waals surface area contributed by atoms with Crippen molar-refractivity contribution in [2.45, 2.75) is 25.7 Å². The molecule has 0 unspecified atom stereocenters.